The van der Waals surface area contributed by atoms with Gasteiger partial charge in [-0.05, 0) is 35.7 Å². The monoisotopic (exact) mass is 280 g/mol. The molecule has 2 aromatic rings. The molecule has 4 heteroatoms. The molecule has 0 amide bonds. The van der Waals surface area contributed by atoms with E-state index in [0.29, 0.717) is 10.8 Å². The highest BCUT2D eigenvalue weighted by molar-refractivity contribution is 7.90. The molecule has 96 valence electrons. The van der Waals surface area contributed by atoms with Gasteiger partial charge >= 0.3 is 0 Å². The summed E-state index contributed by atoms with van der Waals surface area (Å²) in [4.78, 5) is 2.89. The van der Waals surface area contributed by atoms with Gasteiger partial charge in [0.15, 0.2) is 9.84 Å². The van der Waals surface area contributed by atoms with Crippen LogP contribution >= 0.6 is 11.3 Å². The lowest BCUT2D eigenvalue weighted by Crippen LogP contribution is -1.95. The van der Waals surface area contributed by atoms with Crippen LogP contribution < -0.4 is 0 Å². The molecule has 2 rings (SSSR count). The first-order valence-electron chi connectivity index (χ1n) is 5.78. The molecule has 0 spiro atoms. The standard InChI is InChI=1S/C14H16O2S2/c1-10(2)13-8-9-14(17-13)11-4-6-12(7-5-11)18(3,15)16/h4-10H,1-3H3. The van der Waals surface area contributed by atoms with Crippen LogP contribution in [0.15, 0.2) is 41.3 Å². The highest BCUT2D eigenvalue weighted by Crippen LogP contribution is 2.32. The van der Waals surface area contributed by atoms with E-state index in [1.165, 1.54) is 16.0 Å². The SMILES string of the molecule is CC(C)c1ccc(-c2ccc(S(C)(=O)=O)cc2)s1. The molecule has 0 aliphatic heterocycles. The number of benzene rings is 1. The first-order chi connectivity index (χ1) is 8.38. The number of thiophene rings is 1. The molecule has 0 bridgehead atoms. The van der Waals surface area contributed by atoms with E-state index in [0.717, 1.165) is 5.56 Å². The van der Waals surface area contributed by atoms with E-state index >= 15 is 0 Å². The lowest BCUT2D eigenvalue weighted by Gasteiger charge is -2.01. The molecule has 1 aromatic heterocycles. The van der Waals surface area contributed by atoms with Crippen molar-refractivity contribution in [2.75, 3.05) is 6.26 Å². The number of hydrogen-bond donors (Lipinski definition) is 0. The zero-order valence-corrected chi connectivity index (χ0v) is 12.3. The first kappa shape index (κ1) is 13.3. The van der Waals surface area contributed by atoms with Gasteiger partial charge < -0.3 is 0 Å². The van der Waals surface area contributed by atoms with E-state index in [1.54, 1.807) is 23.5 Å². The minimum Gasteiger partial charge on any atom is -0.224 e. The second-order valence-corrected chi connectivity index (χ2v) is 7.78. The van der Waals surface area contributed by atoms with E-state index < -0.39 is 9.84 Å². The van der Waals surface area contributed by atoms with Crippen LogP contribution in [-0.4, -0.2) is 14.7 Å². The van der Waals surface area contributed by atoms with Crippen LogP contribution in [0.25, 0.3) is 10.4 Å². The molecule has 0 unspecified atom stereocenters. The molecular weight excluding hydrogens is 264 g/mol. The van der Waals surface area contributed by atoms with Crippen LogP contribution in [-0.2, 0) is 9.84 Å². The summed E-state index contributed by atoms with van der Waals surface area (Å²) in [6, 6.07) is 11.3. The first-order valence-corrected chi connectivity index (χ1v) is 8.49. The molecule has 1 aromatic carbocycles. The largest absolute Gasteiger partial charge is 0.224 e. The summed E-state index contributed by atoms with van der Waals surface area (Å²) in [5.74, 6) is 0.527. The van der Waals surface area contributed by atoms with Crippen molar-refractivity contribution in [1.82, 2.24) is 0 Å². The van der Waals surface area contributed by atoms with Gasteiger partial charge in [0.1, 0.15) is 0 Å². The van der Waals surface area contributed by atoms with E-state index in [-0.39, 0.29) is 0 Å². The van der Waals surface area contributed by atoms with Crippen molar-refractivity contribution < 1.29 is 8.42 Å². The Hall–Kier alpha value is -1.13. The van der Waals surface area contributed by atoms with E-state index in [1.807, 2.05) is 12.1 Å². The topological polar surface area (TPSA) is 34.1 Å². The molecule has 0 aliphatic rings. The Morgan fingerprint density at radius 3 is 2.06 bits per heavy atom. The Kier molecular flexibility index (Phi) is 3.59. The smallest absolute Gasteiger partial charge is 0.175 e. The Bertz CT molecular complexity index is 635. The summed E-state index contributed by atoms with van der Waals surface area (Å²) in [6.07, 6.45) is 1.23. The molecule has 0 saturated heterocycles. The molecule has 0 N–H and O–H groups in total. The molecule has 1 heterocycles. The minimum atomic E-state index is -3.11. The van der Waals surface area contributed by atoms with Crippen LogP contribution in [0.5, 0.6) is 0 Å². The Morgan fingerprint density at radius 2 is 1.61 bits per heavy atom. The number of rotatable bonds is 3. The summed E-state index contributed by atoms with van der Waals surface area (Å²) in [7, 11) is -3.11. The van der Waals surface area contributed by atoms with Crippen molar-refractivity contribution in [2.45, 2.75) is 24.7 Å². The van der Waals surface area contributed by atoms with E-state index in [9.17, 15) is 8.42 Å². The molecule has 0 radical (unpaired) electrons. The molecule has 2 nitrogen and oxygen atoms in total. The van der Waals surface area contributed by atoms with E-state index in [2.05, 4.69) is 26.0 Å². The third kappa shape index (κ3) is 2.82. The van der Waals surface area contributed by atoms with Crippen molar-refractivity contribution in [1.29, 1.82) is 0 Å². The van der Waals surface area contributed by atoms with Gasteiger partial charge in [-0.3, -0.25) is 0 Å². The molecule has 0 fully saturated rings. The lowest BCUT2D eigenvalue weighted by molar-refractivity contribution is 0.602. The highest BCUT2D eigenvalue weighted by Gasteiger charge is 2.09. The predicted octanol–water partition coefficient (Wildman–Crippen LogP) is 3.94. The Morgan fingerprint density at radius 1 is 1.00 bits per heavy atom. The van der Waals surface area contributed by atoms with Crippen LogP contribution in [0.3, 0.4) is 0 Å². The van der Waals surface area contributed by atoms with Crippen molar-refractivity contribution >= 4 is 21.2 Å². The van der Waals surface area contributed by atoms with Gasteiger partial charge in [-0.2, -0.15) is 0 Å². The van der Waals surface area contributed by atoms with Crippen LogP contribution in [0.1, 0.15) is 24.6 Å². The van der Waals surface area contributed by atoms with Crippen molar-refractivity contribution in [3.63, 3.8) is 0 Å². The van der Waals surface area contributed by atoms with Crippen molar-refractivity contribution in [3.8, 4) is 10.4 Å². The fraction of sp³-hybridized carbons (Fsp3) is 0.286. The van der Waals surface area contributed by atoms with Gasteiger partial charge in [-0.1, -0.05) is 26.0 Å². The summed E-state index contributed by atoms with van der Waals surface area (Å²) in [5, 5.41) is 0. The molecule has 18 heavy (non-hydrogen) atoms. The Balaban J connectivity index is 2.34. The average molecular weight is 280 g/mol. The number of hydrogen-bond acceptors (Lipinski definition) is 3. The second-order valence-electron chi connectivity index (χ2n) is 4.65. The predicted molar refractivity (Wildman–Crippen MR) is 77.0 cm³/mol. The maximum Gasteiger partial charge on any atom is 0.175 e. The maximum atomic E-state index is 11.4. The van der Waals surface area contributed by atoms with Crippen LogP contribution in [0.2, 0.25) is 0 Å². The van der Waals surface area contributed by atoms with Gasteiger partial charge in [-0.25, -0.2) is 8.42 Å². The fourth-order valence-corrected chi connectivity index (χ4v) is 3.33. The molecule has 0 saturated carbocycles. The van der Waals surface area contributed by atoms with Gasteiger partial charge in [0, 0.05) is 16.0 Å². The zero-order valence-electron chi connectivity index (χ0n) is 10.7. The van der Waals surface area contributed by atoms with Gasteiger partial charge in [-0.15, -0.1) is 11.3 Å². The van der Waals surface area contributed by atoms with Crippen molar-refractivity contribution in [3.05, 3.63) is 41.3 Å². The Labute approximate surface area is 112 Å². The van der Waals surface area contributed by atoms with Crippen LogP contribution in [0, 0.1) is 0 Å². The van der Waals surface area contributed by atoms with E-state index in [4.69, 9.17) is 0 Å². The average Bonchev–Trinajstić information content (AvgIpc) is 2.77. The second kappa shape index (κ2) is 4.86. The normalized spacial score (nSPS) is 12.0. The summed E-state index contributed by atoms with van der Waals surface area (Å²) in [6.45, 7) is 4.34. The summed E-state index contributed by atoms with van der Waals surface area (Å²) in [5.41, 5.74) is 1.07. The quantitative estimate of drug-likeness (QED) is 0.853. The van der Waals surface area contributed by atoms with Gasteiger partial charge in [0.05, 0.1) is 4.90 Å². The summed E-state index contributed by atoms with van der Waals surface area (Å²) >= 11 is 1.76. The summed E-state index contributed by atoms with van der Waals surface area (Å²) < 4.78 is 22.8. The minimum absolute atomic E-state index is 0.367. The van der Waals surface area contributed by atoms with Crippen LogP contribution in [0.4, 0.5) is 0 Å². The lowest BCUT2D eigenvalue weighted by atomic mass is 10.1. The fourth-order valence-electron chi connectivity index (χ4n) is 1.68. The van der Waals surface area contributed by atoms with Crippen molar-refractivity contribution in [2.24, 2.45) is 0 Å². The zero-order chi connectivity index (χ0) is 13.3. The molecule has 0 aliphatic carbocycles. The molecule has 0 atom stereocenters. The number of sulfone groups is 1. The maximum absolute atomic E-state index is 11.4. The third-order valence-electron chi connectivity index (χ3n) is 2.76. The highest BCUT2D eigenvalue weighted by atomic mass is 32.2. The van der Waals surface area contributed by atoms with Gasteiger partial charge in [0.25, 0.3) is 0 Å². The van der Waals surface area contributed by atoms with Gasteiger partial charge in [0.2, 0.25) is 0 Å². The molecular formula is C14H16O2S2. The third-order valence-corrected chi connectivity index (χ3v) is 5.33.